The van der Waals surface area contributed by atoms with Gasteiger partial charge in [0.2, 0.25) is 0 Å². The number of halogens is 3. The Bertz CT molecular complexity index is 685. The van der Waals surface area contributed by atoms with Crippen LogP contribution in [0.3, 0.4) is 0 Å². The summed E-state index contributed by atoms with van der Waals surface area (Å²) in [6.45, 7) is 3.37. The highest BCUT2D eigenvalue weighted by atomic mass is 35.5. The van der Waals surface area contributed by atoms with Crippen LogP contribution in [0.5, 0.6) is 0 Å². The SMILES string of the molecule is Cl.Cl.Fc1ccc(CCN2CCC(c3[nH]nc4c3CCCC4)CC2)cc1.O. The largest absolute Gasteiger partial charge is 0.412 e. The molecule has 1 aromatic heterocycles. The highest BCUT2D eigenvalue weighted by Gasteiger charge is 2.26. The Labute approximate surface area is 173 Å². The van der Waals surface area contributed by atoms with Gasteiger partial charge in [-0.15, -0.1) is 24.8 Å². The van der Waals surface area contributed by atoms with Crippen molar-refractivity contribution in [3.05, 3.63) is 52.6 Å². The molecule has 1 aromatic carbocycles. The Balaban J connectivity index is 0.00000121. The third kappa shape index (κ3) is 5.67. The number of likely N-dealkylation sites (tertiary alicyclic amines) is 1. The fraction of sp³-hybridized carbons (Fsp3) is 0.550. The quantitative estimate of drug-likeness (QED) is 0.820. The van der Waals surface area contributed by atoms with Gasteiger partial charge in [-0.1, -0.05) is 12.1 Å². The highest BCUT2D eigenvalue weighted by Crippen LogP contribution is 2.33. The Morgan fingerprint density at radius 3 is 2.41 bits per heavy atom. The minimum atomic E-state index is -0.151. The maximum atomic E-state index is 13.0. The number of piperidine rings is 1. The van der Waals surface area contributed by atoms with E-state index in [1.807, 2.05) is 12.1 Å². The van der Waals surface area contributed by atoms with Crippen molar-refractivity contribution in [2.75, 3.05) is 19.6 Å². The van der Waals surface area contributed by atoms with Crippen LogP contribution in [0.2, 0.25) is 0 Å². The van der Waals surface area contributed by atoms with Crippen LogP contribution in [0, 0.1) is 5.82 Å². The first kappa shape index (κ1) is 23.9. The van der Waals surface area contributed by atoms with E-state index in [9.17, 15) is 4.39 Å². The lowest BCUT2D eigenvalue weighted by atomic mass is 9.86. The molecule has 3 N–H and O–H groups in total. The van der Waals surface area contributed by atoms with Gasteiger partial charge in [-0.05, 0) is 81.3 Å². The molecular formula is C20H30Cl2FN3O. The molecule has 0 amide bonds. The van der Waals surface area contributed by atoms with Gasteiger partial charge in [0.25, 0.3) is 0 Å². The molecule has 27 heavy (non-hydrogen) atoms. The van der Waals surface area contributed by atoms with Crippen molar-refractivity contribution in [1.82, 2.24) is 15.1 Å². The predicted molar refractivity (Wildman–Crippen MR) is 112 cm³/mol. The van der Waals surface area contributed by atoms with E-state index in [4.69, 9.17) is 0 Å². The van der Waals surface area contributed by atoms with E-state index >= 15 is 0 Å². The fourth-order valence-corrected chi connectivity index (χ4v) is 4.22. The summed E-state index contributed by atoms with van der Waals surface area (Å²) in [5.74, 6) is 0.504. The summed E-state index contributed by atoms with van der Waals surface area (Å²) in [5, 5.41) is 7.92. The molecule has 7 heteroatoms. The maximum absolute atomic E-state index is 13.0. The number of hydrogen-bond acceptors (Lipinski definition) is 2. The zero-order valence-corrected chi connectivity index (χ0v) is 17.2. The lowest BCUT2D eigenvalue weighted by Gasteiger charge is -2.32. The topological polar surface area (TPSA) is 63.4 Å². The zero-order chi connectivity index (χ0) is 16.4. The van der Waals surface area contributed by atoms with Crippen LogP contribution in [0.15, 0.2) is 24.3 Å². The lowest BCUT2D eigenvalue weighted by molar-refractivity contribution is 0.212. The number of aryl methyl sites for hydroxylation is 1. The number of fused-ring (bicyclic) bond motifs is 1. The molecule has 1 aliphatic heterocycles. The molecule has 0 bridgehead atoms. The molecular weight excluding hydrogens is 388 g/mol. The Hall–Kier alpha value is -1.14. The minimum absolute atomic E-state index is 0. The van der Waals surface area contributed by atoms with E-state index in [0.717, 1.165) is 32.5 Å². The van der Waals surface area contributed by atoms with Crippen LogP contribution in [-0.2, 0) is 19.3 Å². The maximum Gasteiger partial charge on any atom is 0.123 e. The van der Waals surface area contributed by atoms with Crippen molar-refractivity contribution < 1.29 is 9.87 Å². The number of rotatable bonds is 4. The van der Waals surface area contributed by atoms with Crippen LogP contribution in [0.25, 0.3) is 0 Å². The van der Waals surface area contributed by atoms with Gasteiger partial charge in [0, 0.05) is 18.2 Å². The molecule has 2 heterocycles. The van der Waals surface area contributed by atoms with E-state index in [2.05, 4.69) is 15.1 Å². The predicted octanol–water partition coefficient (Wildman–Crippen LogP) is 3.87. The molecule has 2 aliphatic rings. The van der Waals surface area contributed by atoms with Crippen LogP contribution in [0.4, 0.5) is 4.39 Å². The molecule has 1 aliphatic carbocycles. The molecule has 1 fully saturated rings. The van der Waals surface area contributed by atoms with Gasteiger partial charge < -0.3 is 10.4 Å². The molecule has 0 atom stereocenters. The number of hydrogen-bond donors (Lipinski definition) is 1. The standard InChI is InChI=1S/C20H26FN3.2ClH.H2O/c21-17-7-5-15(6-8-17)9-12-24-13-10-16(11-14-24)20-18-3-1-2-4-19(18)22-23-20;;;/h5-8,16H,1-4,9-14H2,(H,22,23);2*1H;1H2. The molecule has 4 nitrogen and oxygen atoms in total. The van der Waals surface area contributed by atoms with Crippen LogP contribution >= 0.6 is 24.8 Å². The third-order valence-corrected chi connectivity index (χ3v) is 5.70. The van der Waals surface area contributed by atoms with E-state index in [0.29, 0.717) is 5.92 Å². The van der Waals surface area contributed by atoms with E-state index < -0.39 is 0 Å². The normalized spacial score (nSPS) is 17.2. The van der Waals surface area contributed by atoms with Gasteiger partial charge in [0.15, 0.2) is 0 Å². The summed E-state index contributed by atoms with van der Waals surface area (Å²) in [6, 6.07) is 6.92. The monoisotopic (exact) mass is 417 g/mol. The average molecular weight is 418 g/mol. The number of aromatic amines is 1. The average Bonchev–Trinajstić information content (AvgIpc) is 3.06. The van der Waals surface area contributed by atoms with Gasteiger partial charge in [-0.25, -0.2) is 4.39 Å². The van der Waals surface area contributed by atoms with Gasteiger partial charge in [-0.2, -0.15) is 5.10 Å². The van der Waals surface area contributed by atoms with E-state index in [1.54, 1.807) is 12.1 Å². The highest BCUT2D eigenvalue weighted by molar-refractivity contribution is 5.85. The number of aromatic nitrogens is 2. The number of benzene rings is 1. The van der Waals surface area contributed by atoms with Crippen LogP contribution in [-0.4, -0.2) is 40.2 Å². The first-order chi connectivity index (χ1) is 11.8. The van der Waals surface area contributed by atoms with Gasteiger partial charge in [0.05, 0.1) is 5.69 Å². The number of H-pyrrole nitrogens is 1. The third-order valence-electron chi connectivity index (χ3n) is 5.70. The summed E-state index contributed by atoms with van der Waals surface area (Å²) < 4.78 is 13.0. The lowest BCUT2D eigenvalue weighted by Crippen LogP contribution is -2.34. The smallest absolute Gasteiger partial charge is 0.123 e. The van der Waals surface area contributed by atoms with Crippen LogP contribution < -0.4 is 0 Å². The summed E-state index contributed by atoms with van der Waals surface area (Å²) in [4.78, 5) is 2.54. The number of nitrogens with one attached hydrogen (secondary N) is 1. The Morgan fingerprint density at radius 2 is 1.70 bits per heavy atom. The molecule has 152 valence electrons. The molecule has 0 spiro atoms. The van der Waals surface area contributed by atoms with E-state index in [1.165, 1.54) is 54.6 Å². The summed E-state index contributed by atoms with van der Waals surface area (Å²) >= 11 is 0. The first-order valence-corrected chi connectivity index (χ1v) is 9.32. The summed E-state index contributed by atoms with van der Waals surface area (Å²) in [6.07, 6.45) is 8.42. The second kappa shape index (κ2) is 11.0. The first-order valence-electron chi connectivity index (χ1n) is 9.32. The van der Waals surface area contributed by atoms with Gasteiger partial charge in [0.1, 0.15) is 5.82 Å². The second-order valence-electron chi connectivity index (χ2n) is 7.26. The van der Waals surface area contributed by atoms with Crippen molar-refractivity contribution in [2.45, 2.75) is 50.9 Å². The van der Waals surface area contributed by atoms with Crippen molar-refractivity contribution in [1.29, 1.82) is 0 Å². The minimum Gasteiger partial charge on any atom is -0.412 e. The van der Waals surface area contributed by atoms with Gasteiger partial charge >= 0.3 is 0 Å². The Kier molecular flexibility index (Phi) is 9.74. The molecule has 0 radical (unpaired) electrons. The molecule has 2 aromatic rings. The number of nitrogens with zero attached hydrogens (tertiary/aromatic N) is 2. The second-order valence-corrected chi connectivity index (χ2v) is 7.26. The molecule has 4 rings (SSSR count). The van der Waals surface area contributed by atoms with Crippen molar-refractivity contribution in [3.8, 4) is 0 Å². The van der Waals surface area contributed by atoms with Crippen LogP contribution in [0.1, 0.15) is 54.1 Å². The Morgan fingerprint density at radius 1 is 1.04 bits per heavy atom. The van der Waals surface area contributed by atoms with E-state index in [-0.39, 0.29) is 36.1 Å². The van der Waals surface area contributed by atoms with Crippen molar-refractivity contribution in [2.24, 2.45) is 0 Å². The zero-order valence-electron chi connectivity index (χ0n) is 15.5. The van der Waals surface area contributed by atoms with Crippen molar-refractivity contribution >= 4 is 24.8 Å². The molecule has 1 saturated heterocycles. The fourth-order valence-electron chi connectivity index (χ4n) is 4.22. The van der Waals surface area contributed by atoms with Gasteiger partial charge in [-0.3, -0.25) is 5.10 Å². The van der Waals surface area contributed by atoms with Crippen molar-refractivity contribution in [3.63, 3.8) is 0 Å². The summed E-state index contributed by atoms with van der Waals surface area (Å²) in [5.41, 5.74) is 5.52. The summed E-state index contributed by atoms with van der Waals surface area (Å²) in [7, 11) is 0. The molecule has 0 saturated carbocycles. The molecule has 0 unspecified atom stereocenters.